The third kappa shape index (κ3) is 2.03. The van der Waals surface area contributed by atoms with E-state index in [0.29, 0.717) is 0 Å². The van der Waals surface area contributed by atoms with Gasteiger partial charge < -0.3 is 5.73 Å². The van der Waals surface area contributed by atoms with Crippen LogP contribution in [0, 0.1) is 0 Å². The van der Waals surface area contributed by atoms with E-state index in [2.05, 4.69) is 16.1 Å². The number of nitrogens with two attached hydrogens (primary N) is 1. The number of hydrogen-bond donors (Lipinski definition) is 1. The summed E-state index contributed by atoms with van der Waals surface area (Å²) in [5, 5.41) is 1.01. The summed E-state index contributed by atoms with van der Waals surface area (Å²) in [6.45, 7) is 0. The molecule has 2 aliphatic rings. The molecular formula is C13H11N3S. The van der Waals surface area contributed by atoms with Crippen molar-refractivity contribution in [1.29, 1.82) is 0 Å². The number of thioether (sulfide) groups is 1. The smallest absolute Gasteiger partial charge is 0.103 e. The van der Waals surface area contributed by atoms with Gasteiger partial charge in [0.1, 0.15) is 11.1 Å². The summed E-state index contributed by atoms with van der Waals surface area (Å²) in [4.78, 5) is 10.00. The second-order valence-electron chi connectivity index (χ2n) is 3.82. The number of fused-ring (bicyclic) bond motifs is 1. The first-order chi connectivity index (χ1) is 8.33. The Bertz CT molecular complexity index is 570. The molecule has 1 aromatic carbocycles. The second kappa shape index (κ2) is 4.22. The topological polar surface area (TPSA) is 50.7 Å². The normalized spacial score (nSPS) is 21.8. The van der Waals surface area contributed by atoms with Crippen LogP contribution in [0.4, 0.5) is 5.69 Å². The maximum atomic E-state index is 5.78. The Morgan fingerprint density at radius 3 is 3.12 bits per heavy atom. The van der Waals surface area contributed by atoms with Crippen molar-refractivity contribution in [2.75, 3.05) is 5.73 Å². The van der Waals surface area contributed by atoms with Crippen molar-refractivity contribution in [3.63, 3.8) is 0 Å². The Labute approximate surface area is 104 Å². The minimum absolute atomic E-state index is 0.110. The summed E-state index contributed by atoms with van der Waals surface area (Å²) in [6.07, 6.45) is 7.63. The zero-order valence-electron chi connectivity index (χ0n) is 9.08. The van der Waals surface area contributed by atoms with Crippen LogP contribution in [0.1, 0.15) is 5.56 Å². The van der Waals surface area contributed by atoms with Crippen molar-refractivity contribution < 1.29 is 0 Å². The van der Waals surface area contributed by atoms with Gasteiger partial charge in [0.05, 0.1) is 0 Å². The van der Waals surface area contributed by atoms with Crippen molar-refractivity contribution in [2.24, 2.45) is 9.98 Å². The molecule has 2 aliphatic heterocycles. The Morgan fingerprint density at radius 1 is 1.29 bits per heavy atom. The van der Waals surface area contributed by atoms with E-state index >= 15 is 0 Å². The molecule has 1 aromatic rings. The van der Waals surface area contributed by atoms with Crippen molar-refractivity contribution in [2.45, 2.75) is 6.04 Å². The highest BCUT2D eigenvalue weighted by molar-refractivity contribution is 8.18. The summed E-state index contributed by atoms with van der Waals surface area (Å²) in [5.41, 5.74) is 7.62. The lowest BCUT2D eigenvalue weighted by atomic mass is 10.2. The fraction of sp³-hybridized carbons (Fsp3) is 0.0769. The lowest BCUT2D eigenvalue weighted by Crippen LogP contribution is -1.96. The molecule has 0 bridgehead atoms. The van der Waals surface area contributed by atoms with Gasteiger partial charge in [0.25, 0.3) is 0 Å². The number of allylic oxidation sites excluding steroid dienone is 1. The fourth-order valence-electron chi connectivity index (χ4n) is 1.76. The quantitative estimate of drug-likeness (QED) is 0.768. The molecule has 17 heavy (non-hydrogen) atoms. The van der Waals surface area contributed by atoms with E-state index in [-0.39, 0.29) is 6.04 Å². The SMILES string of the molecule is Nc1cccc(C2=NC3C=CC=NC=C3S2)c1. The van der Waals surface area contributed by atoms with Crippen LogP contribution >= 0.6 is 11.8 Å². The molecule has 0 saturated carbocycles. The van der Waals surface area contributed by atoms with E-state index in [0.717, 1.165) is 21.2 Å². The predicted molar refractivity (Wildman–Crippen MR) is 74.5 cm³/mol. The number of hydrogen-bond acceptors (Lipinski definition) is 4. The van der Waals surface area contributed by atoms with Gasteiger partial charge in [-0.15, -0.1) is 0 Å². The average Bonchev–Trinajstić information content (AvgIpc) is 2.61. The summed E-state index contributed by atoms with van der Waals surface area (Å²) in [5.74, 6) is 0. The van der Waals surface area contributed by atoms with Crippen LogP contribution < -0.4 is 5.73 Å². The van der Waals surface area contributed by atoms with E-state index in [4.69, 9.17) is 5.73 Å². The minimum Gasteiger partial charge on any atom is -0.399 e. The highest BCUT2D eigenvalue weighted by atomic mass is 32.2. The van der Waals surface area contributed by atoms with E-state index in [9.17, 15) is 0 Å². The van der Waals surface area contributed by atoms with Crippen LogP contribution in [0.25, 0.3) is 0 Å². The Hall–Kier alpha value is -1.81. The average molecular weight is 241 g/mol. The fourth-order valence-corrected chi connectivity index (χ4v) is 2.76. The standard InChI is InChI=1S/C13H11N3S/c14-10-4-1-3-9(7-10)13-16-11-5-2-6-15-8-12(11)17-13/h1-8,11H,14H2. The van der Waals surface area contributed by atoms with Crippen LogP contribution in [-0.4, -0.2) is 17.3 Å². The van der Waals surface area contributed by atoms with Gasteiger partial charge in [-0.3, -0.25) is 9.98 Å². The summed E-state index contributed by atoms with van der Waals surface area (Å²) in [6, 6.07) is 7.92. The molecule has 4 heteroatoms. The first kappa shape index (κ1) is 10.4. The van der Waals surface area contributed by atoms with Crippen LogP contribution in [0.3, 0.4) is 0 Å². The Morgan fingerprint density at radius 2 is 2.24 bits per heavy atom. The predicted octanol–water partition coefficient (Wildman–Crippen LogP) is 2.61. The largest absolute Gasteiger partial charge is 0.399 e. The lowest BCUT2D eigenvalue weighted by molar-refractivity contribution is 1.03. The first-order valence-electron chi connectivity index (χ1n) is 5.34. The Kier molecular flexibility index (Phi) is 2.57. The molecule has 3 nitrogen and oxygen atoms in total. The van der Waals surface area contributed by atoms with Crippen molar-refractivity contribution >= 4 is 28.7 Å². The molecule has 2 heterocycles. The zero-order valence-corrected chi connectivity index (χ0v) is 9.89. The van der Waals surface area contributed by atoms with Crippen LogP contribution in [0.15, 0.2) is 57.5 Å². The molecule has 0 fully saturated rings. The number of nitrogens with zero attached hydrogens (tertiary/aromatic N) is 2. The van der Waals surface area contributed by atoms with Crippen LogP contribution in [0.2, 0.25) is 0 Å². The maximum absolute atomic E-state index is 5.78. The number of anilines is 1. The molecule has 0 aromatic heterocycles. The molecule has 84 valence electrons. The first-order valence-corrected chi connectivity index (χ1v) is 6.16. The van der Waals surface area contributed by atoms with Gasteiger partial charge in [-0.25, -0.2) is 0 Å². The molecule has 0 radical (unpaired) electrons. The van der Waals surface area contributed by atoms with Gasteiger partial charge in [-0.1, -0.05) is 30.0 Å². The van der Waals surface area contributed by atoms with Gasteiger partial charge in [-0.2, -0.15) is 0 Å². The van der Waals surface area contributed by atoms with Crippen molar-refractivity contribution in [3.8, 4) is 0 Å². The molecule has 1 atom stereocenters. The molecule has 0 saturated heterocycles. The molecule has 0 amide bonds. The molecule has 1 unspecified atom stereocenters. The van der Waals surface area contributed by atoms with Crippen molar-refractivity contribution in [3.05, 3.63) is 53.1 Å². The van der Waals surface area contributed by atoms with E-state index in [1.165, 1.54) is 0 Å². The van der Waals surface area contributed by atoms with Gasteiger partial charge in [0.2, 0.25) is 0 Å². The Balaban J connectivity index is 1.95. The molecular weight excluding hydrogens is 230 g/mol. The minimum atomic E-state index is 0.110. The van der Waals surface area contributed by atoms with Crippen molar-refractivity contribution in [1.82, 2.24) is 0 Å². The second-order valence-corrected chi connectivity index (χ2v) is 4.88. The van der Waals surface area contributed by atoms with E-state index in [1.54, 1.807) is 18.0 Å². The van der Waals surface area contributed by atoms with Crippen LogP contribution in [-0.2, 0) is 0 Å². The summed E-state index contributed by atoms with van der Waals surface area (Å²) in [7, 11) is 0. The molecule has 3 rings (SSSR count). The van der Waals surface area contributed by atoms with Gasteiger partial charge >= 0.3 is 0 Å². The number of benzene rings is 1. The maximum Gasteiger partial charge on any atom is 0.103 e. The van der Waals surface area contributed by atoms with Gasteiger partial charge in [0.15, 0.2) is 0 Å². The van der Waals surface area contributed by atoms with Gasteiger partial charge in [-0.05, 0) is 18.2 Å². The summed E-state index contributed by atoms with van der Waals surface area (Å²) < 4.78 is 0. The zero-order chi connectivity index (χ0) is 11.7. The van der Waals surface area contributed by atoms with E-state index in [1.807, 2.05) is 36.5 Å². The third-order valence-corrected chi connectivity index (χ3v) is 3.68. The highest BCUT2D eigenvalue weighted by Gasteiger charge is 2.23. The highest BCUT2D eigenvalue weighted by Crippen LogP contribution is 2.35. The number of nitrogen functional groups attached to an aromatic ring is 1. The summed E-state index contributed by atoms with van der Waals surface area (Å²) >= 11 is 1.66. The van der Waals surface area contributed by atoms with E-state index < -0.39 is 0 Å². The molecule has 0 aliphatic carbocycles. The van der Waals surface area contributed by atoms with Gasteiger partial charge in [0, 0.05) is 28.6 Å². The lowest BCUT2D eigenvalue weighted by Gasteiger charge is -2.00. The van der Waals surface area contributed by atoms with Crippen LogP contribution in [0.5, 0.6) is 0 Å². The number of rotatable bonds is 1. The third-order valence-electron chi connectivity index (χ3n) is 2.56. The number of aliphatic imine (C=N–C) groups is 2. The monoisotopic (exact) mass is 241 g/mol. The molecule has 0 spiro atoms. The molecule has 2 N–H and O–H groups in total.